The molecule has 0 radical (unpaired) electrons. The van der Waals surface area contributed by atoms with Crippen LogP contribution in [0.15, 0.2) is 0 Å². The monoisotopic (exact) mass is 224 g/mol. The minimum Gasteiger partial charge on any atom is -0.354 e. The van der Waals surface area contributed by atoms with E-state index in [1.807, 2.05) is 0 Å². The number of nitrogens with one attached hydrogen (secondary N) is 2. The summed E-state index contributed by atoms with van der Waals surface area (Å²) in [7, 11) is 0. The lowest BCUT2D eigenvalue weighted by Gasteiger charge is -2.14. The molecule has 0 bridgehead atoms. The third-order valence-electron chi connectivity index (χ3n) is 3.35. The summed E-state index contributed by atoms with van der Waals surface area (Å²) in [5.74, 6) is 0.792. The Morgan fingerprint density at radius 1 is 1.31 bits per heavy atom. The van der Waals surface area contributed by atoms with E-state index >= 15 is 0 Å². The van der Waals surface area contributed by atoms with Crippen LogP contribution in [-0.2, 0) is 9.59 Å². The molecule has 0 spiro atoms. The van der Waals surface area contributed by atoms with Crippen LogP contribution in [0.4, 0.5) is 0 Å². The van der Waals surface area contributed by atoms with E-state index in [-0.39, 0.29) is 17.9 Å². The second kappa shape index (κ2) is 5.32. The molecule has 1 saturated carbocycles. The molecule has 1 aliphatic heterocycles. The van der Waals surface area contributed by atoms with Crippen molar-refractivity contribution in [2.45, 2.75) is 51.0 Å². The van der Waals surface area contributed by atoms with Crippen LogP contribution in [0.2, 0.25) is 0 Å². The average molecular weight is 224 g/mol. The molecule has 90 valence electrons. The number of hydrogen-bond donors (Lipinski definition) is 2. The van der Waals surface area contributed by atoms with E-state index in [0.717, 1.165) is 38.1 Å². The van der Waals surface area contributed by atoms with Crippen LogP contribution in [0.1, 0.15) is 44.9 Å². The number of rotatable bonds is 4. The zero-order valence-electron chi connectivity index (χ0n) is 9.63. The summed E-state index contributed by atoms with van der Waals surface area (Å²) in [6.45, 7) is 0.743. The molecule has 4 nitrogen and oxygen atoms in total. The molecule has 4 heteroatoms. The SMILES string of the molecule is O=C(CCC1CC1)N[C@H]1CCCCNC1=O. The molecule has 0 aromatic carbocycles. The summed E-state index contributed by atoms with van der Waals surface area (Å²) in [6, 6.07) is -0.297. The molecule has 2 aliphatic rings. The van der Waals surface area contributed by atoms with E-state index in [4.69, 9.17) is 0 Å². The molecule has 1 saturated heterocycles. The molecule has 0 aromatic rings. The van der Waals surface area contributed by atoms with E-state index in [9.17, 15) is 9.59 Å². The molecule has 16 heavy (non-hydrogen) atoms. The lowest BCUT2D eigenvalue weighted by molar-refractivity contribution is -0.128. The quantitative estimate of drug-likeness (QED) is 0.747. The first kappa shape index (κ1) is 11.4. The fourth-order valence-electron chi connectivity index (χ4n) is 2.09. The van der Waals surface area contributed by atoms with Crippen LogP contribution in [0.3, 0.4) is 0 Å². The maximum atomic E-state index is 11.6. The second-order valence-corrected chi connectivity index (χ2v) is 4.89. The van der Waals surface area contributed by atoms with Gasteiger partial charge in [0.15, 0.2) is 0 Å². The predicted molar refractivity (Wildman–Crippen MR) is 60.7 cm³/mol. The van der Waals surface area contributed by atoms with Gasteiger partial charge in [0.1, 0.15) is 6.04 Å². The van der Waals surface area contributed by atoms with Crippen molar-refractivity contribution >= 4 is 11.8 Å². The van der Waals surface area contributed by atoms with Gasteiger partial charge in [-0.3, -0.25) is 9.59 Å². The van der Waals surface area contributed by atoms with Gasteiger partial charge in [-0.15, -0.1) is 0 Å². The van der Waals surface area contributed by atoms with E-state index in [1.165, 1.54) is 12.8 Å². The smallest absolute Gasteiger partial charge is 0.242 e. The Labute approximate surface area is 96.2 Å². The van der Waals surface area contributed by atoms with Gasteiger partial charge in [0.25, 0.3) is 0 Å². The summed E-state index contributed by atoms with van der Waals surface area (Å²) in [5.41, 5.74) is 0. The number of carbonyl (C=O) groups is 2. The zero-order valence-corrected chi connectivity index (χ0v) is 9.63. The van der Waals surface area contributed by atoms with Crippen molar-refractivity contribution < 1.29 is 9.59 Å². The minimum absolute atomic E-state index is 0.0164. The number of carbonyl (C=O) groups excluding carboxylic acids is 2. The van der Waals surface area contributed by atoms with Crippen molar-refractivity contribution in [3.05, 3.63) is 0 Å². The molecule has 1 aliphatic carbocycles. The Balaban J connectivity index is 1.72. The van der Waals surface area contributed by atoms with Gasteiger partial charge in [0, 0.05) is 13.0 Å². The molecule has 2 amide bonds. The largest absolute Gasteiger partial charge is 0.354 e. The Bertz CT molecular complexity index is 274. The van der Waals surface area contributed by atoms with Crippen molar-refractivity contribution in [3.8, 4) is 0 Å². The molecule has 2 fully saturated rings. The highest BCUT2D eigenvalue weighted by Gasteiger charge is 2.25. The summed E-state index contributed by atoms with van der Waals surface area (Å²) in [5, 5.41) is 5.66. The predicted octanol–water partition coefficient (Wildman–Crippen LogP) is 0.961. The van der Waals surface area contributed by atoms with Gasteiger partial charge < -0.3 is 10.6 Å². The first-order valence-electron chi connectivity index (χ1n) is 6.33. The summed E-state index contributed by atoms with van der Waals surface area (Å²) in [4.78, 5) is 23.2. The van der Waals surface area contributed by atoms with Crippen LogP contribution in [0.5, 0.6) is 0 Å². The molecule has 0 aromatic heterocycles. The molecular formula is C12H20N2O2. The van der Waals surface area contributed by atoms with Crippen molar-refractivity contribution in [1.29, 1.82) is 0 Å². The van der Waals surface area contributed by atoms with Crippen LogP contribution >= 0.6 is 0 Å². The van der Waals surface area contributed by atoms with Gasteiger partial charge in [-0.2, -0.15) is 0 Å². The Hall–Kier alpha value is -1.06. The van der Waals surface area contributed by atoms with Crippen molar-refractivity contribution in [1.82, 2.24) is 10.6 Å². The zero-order chi connectivity index (χ0) is 11.4. The summed E-state index contributed by atoms with van der Waals surface area (Å²) >= 11 is 0. The van der Waals surface area contributed by atoms with Gasteiger partial charge >= 0.3 is 0 Å². The summed E-state index contributed by atoms with van der Waals surface area (Å²) < 4.78 is 0. The topological polar surface area (TPSA) is 58.2 Å². The highest BCUT2D eigenvalue weighted by atomic mass is 16.2. The van der Waals surface area contributed by atoms with E-state index in [2.05, 4.69) is 10.6 Å². The lowest BCUT2D eigenvalue weighted by atomic mass is 10.1. The molecule has 1 heterocycles. The van der Waals surface area contributed by atoms with E-state index in [0.29, 0.717) is 6.42 Å². The van der Waals surface area contributed by atoms with Gasteiger partial charge in [-0.25, -0.2) is 0 Å². The van der Waals surface area contributed by atoms with Crippen LogP contribution in [-0.4, -0.2) is 24.4 Å². The first-order valence-corrected chi connectivity index (χ1v) is 6.33. The van der Waals surface area contributed by atoms with Crippen molar-refractivity contribution in [2.75, 3.05) is 6.54 Å². The molecule has 1 atom stereocenters. The molecule has 2 N–H and O–H groups in total. The lowest BCUT2D eigenvalue weighted by Crippen LogP contribution is -2.45. The third kappa shape index (κ3) is 3.51. The molecule has 2 rings (SSSR count). The van der Waals surface area contributed by atoms with Crippen molar-refractivity contribution in [2.24, 2.45) is 5.92 Å². The Morgan fingerprint density at radius 2 is 2.12 bits per heavy atom. The molecular weight excluding hydrogens is 204 g/mol. The van der Waals surface area contributed by atoms with Gasteiger partial charge in [0.2, 0.25) is 11.8 Å². The van der Waals surface area contributed by atoms with Crippen LogP contribution in [0.25, 0.3) is 0 Å². The fourth-order valence-corrected chi connectivity index (χ4v) is 2.09. The van der Waals surface area contributed by atoms with Crippen molar-refractivity contribution in [3.63, 3.8) is 0 Å². The highest BCUT2D eigenvalue weighted by Crippen LogP contribution is 2.33. The Morgan fingerprint density at radius 3 is 2.88 bits per heavy atom. The fraction of sp³-hybridized carbons (Fsp3) is 0.833. The van der Waals surface area contributed by atoms with Gasteiger partial charge in [0.05, 0.1) is 0 Å². The molecule has 0 unspecified atom stereocenters. The minimum atomic E-state index is -0.297. The number of hydrogen-bond acceptors (Lipinski definition) is 2. The van der Waals surface area contributed by atoms with Gasteiger partial charge in [-0.05, 0) is 31.6 Å². The van der Waals surface area contributed by atoms with Gasteiger partial charge in [-0.1, -0.05) is 12.8 Å². The highest BCUT2D eigenvalue weighted by molar-refractivity contribution is 5.87. The van der Waals surface area contributed by atoms with Crippen LogP contribution in [0, 0.1) is 5.92 Å². The second-order valence-electron chi connectivity index (χ2n) is 4.89. The maximum Gasteiger partial charge on any atom is 0.242 e. The number of amides is 2. The van der Waals surface area contributed by atoms with E-state index in [1.54, 1.807) is 0 Å². The summed E-state index contributed by atoms with van der Waals surface area (Å²) in [6.07, 6.45) is 6.91. The van der Waals surface area contributed by atoms with Crippen LogP contribution < -0.4 is 10.6 Å². The normalized spacial score (nSPS) is 25.8. The third-order valence-corrected chi connectivity index (χ3v) is 3.35. The van der Waals surface area contributed by atoms with E-state index < -0.39 is 0 Å². The Kier molecular flexibility index (Phi) is 3.80. The maximum absolute atomic E-state index is 11.6. The first-order chi connectivity index (χ1) is 7.75. The average Bonchev–Trinajstić information content (AvgIpc) is 3.07. The standard InChI is InChI=1S/C12H20N2O2/c15-11(7-6-9-4-5-9)14-10-3-1-2-8-13-12(10)16/h9-10H,1-8H2,(H,13,16)(H,14,15)/t10-/m0/s1.